The Morgan fingerprint density at radius 3 is 1.23 bits per heavy atom. The SMILES string of the molecule is COC(=O)[C@H](C)NP(=O)(Cl)Oc1cccc2ccccc12.COC(=O)[C@H](C)NP(=O)(Cl)Oc1cccc2ccccc12.COC(=O)[C@H](C)NP(=O)(OC[C@H]1O[C@@H](n2ccc(=O)[nH]c2=O)[C@@](O)(C#CCl)[C@@H]1O)Oc1cccc2ccccc12.O=c1ccn([C@@H]2O[C@H](CO)[C@@H](O)[C@]2(O)C#CCl)c(=O)[nH]1. The molecule has 0 saturated carbocycles. The van der Waals surface area contributed by atoms with E-state index in [-0.39, 0.29) is 5.75 Å². The summed E-state index contributed by atoms with van der Waals surface area (Å²) in [7, 11) is -0.781. The van der Waals surface area contributed by atoms with E-state index in [1.54, 1.807) is 48.5 Å². The van der Waals surface area contributed by atoms with E-state index < -0.39 is 141 Å². The number of carbonyl (C=O) groups excluding carboxylic acids is 3. The molecule has 31 nitrogen and oxygen atoms in total. The molecule has 38 heteroatoms. The van der Waals surface area contributed by atoms with Gasteiger partial charge in [0.25, 0.3) is 11.1 Å². The van der Waals surface area contributed by atoms with Crippen molar-refractivity contribution in [3.63, 3.8) is 0 Å². The number of methoxy groups -OCH3 is 3. The van der Waals surface area contributed by atoms with Crippen molar-refractivity contribution in [3.05, 3.63) is 194 Å². The molecule has 3 unspecified atom stereocenters. The summed E-state index contributed by atoms with van der Waals surface area (Å²) < 4.78 is 87.0. The topological polar surface area (TPSA) is 432 Å². The number of ether oxygens (including phenoxy) is 5. The van der Waals surface area contributed by atoms with Gasteiger partial charge in [0.1, 0.15) is 59.8 Å². The maximum absolute atomic E-state index is 13.9. The van der Waals surface area contributed by atoms with Gasteiger partial charge in [-0.25, -0.2) is 33.5 Å². The van der Waals surface area contributed by atoms with Crippen molar-refractivity contribution in [3.8, 4) is 39.8 Å². The van der Waals surface area contributed by atoms with Gasteiger partial charge in [-0.3, -0.25) is 47.6 Å². The fourth-order valence-electron chi connectivity index (χ4n) is 9.93. The highest BCUT2D eigenvalue weighted by atomic mass is 35.7. The Kier molecular flexibility index (Phi) is 28.5. The molecule has 10 N–H and O–H groups in total. The van der Waals surface area contributed by atoms with Crippen LogP contribution in [0, 0.1) is 22.6 Å². The number of hydrogen-bond donors (Lipinski definition) is 10. The molecular weight excluding hydrogens is 1490 g/mol. The molecular formula is C64H66Cl4N7O24P3. The minimum atomic E-state index is -4.41. The molecule has 8 aromatic rings. The Hall–Kier alpha value is -8.20. The van der Waals surface area contributed by atoms with Crippen LogP contribution in [0.15, 0.2) is 171 Å². The second-order valence-electron chi connectivity index (χ2n) is 21.8. The summed E-state index contributed by atoms with van der Waals surface area (Å²) in [4.78, 5) is 85.3. The highest BCUT2D eigenvalue weighted by molar-refractivity contribution is 7.84. The Morgan fingerprint density at radius 1 is 0.539 bits per heavy atom. The van der Waals surface area contributed by atoms with Gasteiger partial charge >= 0.3 is 50.8 Å². The molecule has 14 atom stereocenters. The predicted molar refractivity (Wildman–Crippen MR) is 375 cm³/mol. The molecule has 0 aliphatic carbocycles. The molecule has 544 valence electrons. The third-order valence-corrected chi connectivity index (χ3v) is 19.9. The molecule has 0 radical (unpaired) electrons. The summed E-state index contributed by atoms with van der Waals surface area (Å²) in [5, 5.41) is 67.6. The van der Waals surface area contributed by atoms with Gasteiger partial charge < -0.3 is 62.8 Å². The van der Waals surface area contributed by atoms with Crippen molar-refractivity contribution in [2.24, 2.45) is 0 Å². The number of aromatic amines is 2. The molecule has 4 heterocycles. The highest BCUT2D eigenvalue weighted by Gasteiger charge is 2.58. The third kappa shape index (κ3) is 20.4. The molecule has 2 saturated heterocycles. The van der Waals surface area contributed by atoms with Gasteiger partial charge in [-0.15, -0.1) is 0 Å². The van der Waals surface area contributed by atoms with Crippen molar-refractivity contribution in [2.75, 3.05) is 34.5 Å². The van der Waals surface area contributed by atoms with Crippen LogP contribution in [0.3, 0.4) is 0 Å². The number of aliphatic hydroxyl groups excluding tert-OH is 3. The largest absolute Gasteiger partial charge is 0.468 e. The zero-order valence-corrected chi connectivity index (χ0v) is 60.0. The summed E-state index contributed by atoms with van der Waals surface area (Å²) >= 11 is 22.5. The van der Waals surface area contributed by atoms with Crippen LogP contribution in [-0.2, 0) is 56.3 Å². The van der Waals surface area contributed by atoms with Gasteiger partial charge in [-0.2, -0.15) is 5.09 Å². The van der Waals surface area contributed by atoms with Gasteiger partial charge in [0.05, 0.1) is 34.5 Å². The number of halogens is 4. The zero-order valence-electron chi connectivity index (χ0n) is 54.3. The lowest BCUT2D eigenvalue weighted by molar-refractivity contribution is -0.143. The monoisotopic (exact) mass is 1550 g/mol. The van der Waals surface area contributed by atoms with Crippen molar-refractivity contribution in [1.82, 2.24) is 34.4 Å². The second-order valence-corrected chi connectivity index (χ2v) is 29.4. The van der Waals surface area contributed by atoms with Crippen LogP contribution in [0.4, 0.5) is 0 Å². The molecule has 2 aliphatic rings. The van der Waals surface area contributed by atoms with E-state index in [1.165, 1.54) is 35.0 Å². The van der Waals surface area contributed by atoms with Gasteiger partial charge in [0, 0.05) is 73.9 Å². The van der Waals surface area contributed by atoms with Crippen LogP contribution in [-0.4, -0.2) is 151 Å². The summed E-state index contributed by atoms with van der Waals surface area (Å²) in [6.45, 7) is -4.35. The van der Waals surface area contributed by atoms with Gasteiger partial charge in [0.15, 0.2) is 12.5 Å². The van der Waals surface area contributed by atoms with Crippen molar-refractivity contribution in [2.45, 2.75) is 87.0 Å². The summed E-state index contributed by atoms with van der Waals surface area (Å²) in [5.74, 6) is 3.41. The number of nitrogens with zero attached hydrogens (tertiary/aromatic N) is 2. The first-order valence-corrected chi connectivity index (χ1v) is 37.2. The molecule has 2 aliphatic heterocycles. The molecule has 6 aromatic carbocycles. The third-order valence-electron chi connectivity index (χ3n) is 14.9. The van der Waals surface area contributed by atoms with Crippen molar-refractivity contribution in [1.29, 1.82) is 0 Å². The van der Waals surface area contributed by atoms with E-state index in [4.69, 9.17) is 83.1 Å². The summed E-state index contributed by atoms with van der Waals surface area (Å²) in [5.41, 5.74) is -7.79. The number of rotatable bonds is 21. The standard InChI is InChI=1S/C25H25ClN3O10P.2C14H15ClNO4P.C11H11ClN2O6/c1-15(22(32)36-2)28-40(35,39-18-9-5-7-16-6-3-4-8-17(16)18)37-14-19-21(31)25(34,11-12-26)23(38-19)29-13-10-20(30)27-24(29)33;2*1-10(14(17)19-2)16-21(15,18)20-13-9-5-7-11-6-3-4-8-12(11)13;12-3-2-11(19)8(17)6(5-15)20-9(11)14-4-1-7(16)13-10(14)18/h3-10,13,15,19,21,23,31,34H,14H2,1-2H3,(H,28,35)(H,27,30,33);2*3-10H,1-2H3,(H,16,18);1,4,6,8-9,15,17,19H,5H2,(H,13,16,18)/t15-,19+,21+,23+,25+,40?;2*10-,21?;6-,8-,9-,11-/m0001/s1. The van der Waals surface area contributed by atoms with Gasteiger partial charge in [-0.05, 0) is 90.2 Å². The lowest BCUT2D eigenvalue weighted by Crippen LogP contribution is -2.48. The number of nitrogens with one attached hydrogen (secondary N) is 5. The Labute approximate surface area is 598 Å². The van der Waals surface area contributed by atoms with E-state index in [9.17, 15) is 67.7 Å². The van der Waals surface area contributed by atoms with E-state index in [2.05, 4.69) is 36.6 Å². The minimum Gasteiger partial charge on any atom is -0.468 e. The highest BCUT2D eigenvalue weighted by Crippen LogP contribution is 2.52. The number of H-pyrrole nitrogens is 2. The number of aliphatic hydroxyl groups is 5. The Balaban J connectivity index is 0.000000202. The van der Waals surface area contributed by atoms with Gasteiger partial charge in [-0.1, -0.05) is 109 Å². The van der Waals surface area contributed by atoms with Crippen LogP contribution in [0.5, 0.6) is 17.2 Å². The molecule has 10 rings (SSSR count). The number of fused-ring (bicyclic) bond motifs is 3. The summed E-state index contributed by atoms with van der Waals surface area (Å²) in [6, 6.07) is 37.1. The number of hydrogen-bond acceptors (Lipinski definition) is 24. The first-order valence-electron chi connectivity index (χ1n) is 29.8. The zero-order chi connectivity index (χ0) is 74.9. The average Bonchev–Trinajstić information content (AvgIpc) is 1.61. The maximum Gasteiger partial charge on any atom is 0.459 e. The maximum atomic E-state index is 13.9. The smallest absolute Gasteiger partial charge is 0.459 e. The van der Waals surface area contributed by atoms with E-state index in [0.717, 1.165) is 67.7 Å². The molecule has 0 amide bonds. The Morgan fingerprint density at radius 2 is 0.873 bits per heavy atom. The molecule has 0 spiro atoms. The lowest BCUT2D eigenvalue weighted by Gasteiger charge is -2.26. The summed E-state index contributed by atoms with van der Waals surface area (Å²) in [6.07, 6.45) is -6.96. The van der Waals surface area contributed by atoms with Crippen LogP contribution in [0.2, 0.25) is 0 Å². The predicted octanol–water partition coefficient (Wildman–Crippen LogP) is 6.38. The van der Waals surface area contributed by atoms with Crippen LogP contribution in [0.25, 0.3) is 32.3 Å². The molecule has 102 heavy (non-hydrogen) atoms. The fourth-order valence-corrected chi connectivity index (χ4v) is 15.1. The van der Waals surface area contributed by atoms with Crippen LogP contribution >= 0.6 is 67.2 Å². The van der Waals surface area contributed by atoms with E-state index in [0.29, 0.717) is 16.9 Å². The lowest BCUT2D eigenvalue weighted by atomic mass is 9.95. The van der Waals surface area contributed by atoms with Crippen molar-refractivity contribution >= 4 is 117 Å². The average molecular weight is 1550 g/mol. The first kappa shape index (κ1) is 81.1. The Bertz CT molecular complexity index is 4740. The number of benzene rings is 6. The minimum absolute atomic E-state index is 0.168. The molecule has 0 bridgehead atoms. The number of esters is 3. The quantitative estimate of drug-likeness (QED) is 0.0161. The normalized spacial score (nSPS) is 22.3. The fraction of sp³-hybridized carbons (Fsp3) is 0.297. The van der Waals surface area contributed by atoms with Crippen LogP contribution < -0.4 is 51.3 Å². The van der Waals surface area contributed by atoms with Crippen molar-refractivity contribution < 1.29 is 95.4 Å². The van der Waals surface area contributed by atoms with Crippen LogP contribution in [0.1, 0.15) is 33.2 Å². The molecule has 2 aromatic heterocycles. The number of carbonyl (C=O) groups is 3. The molecule has 2 fully saturated rings. The first-order chi connectivity index (χ1) is 48.3. The number of aromatic nitrogens is 4. The van der Waals surface area contributed by atoms with E-state index in [1.807, 2.05) is 99.6 Å². The van der Waals surface area contributed by atoms with Gasteiger partial charge in [0.2, 0.25) is 11.2 Å². The van der Waals surface area contributed by atoms with E-state index >= 15 is 0 Å². The second kappa shape index (κ2) is 35.8.